The van der Waals surface area contributed by atoms with Gasteiger partial charge in [-0.05, 0) is 54.7 Å². The van der Waals surface area contributed by atoms with Crippen LogP contribution in [0.25, 0.3) is 0 Å². The zero-order valence-corrected chi connectivity index (χ0v) is 14.2. The first-order chi connectivity index (χ1) is 11.4. The number of aromatic hydroxyl groups is 1. The van der Waals surface area contributed by atoms with Gasteiger partial charge in [-0.3, -0.25) is 4.79 Å². The van der Waals surface area contributed by atoms with Gasteiger partial charge in [0, 0.05) is 17.7 Å². The number of nitriles is 1. The highest BCUT2D eigenvalue weighted by molar-refractivity contribution is 5.94. The van der Waals surface area contributed by atoms with Crippen molar-refractivity contribution in [1.29, 1.82) is 5.26 Å². The summed E-state index contributed by atoms with van der Waals surface area (Å²) < 4.78 is 0. The Bertz CT molecular complexity index is 789. The number of amides is 1. The zero-order chi connectivity index (χ0) is 17.7. The van der Waals surface area contributed by atoms with Gasteiger partial charge in [0.25, 0.3) is 5.91 Å². The van der Waals surface area contributed by atoms with Crippen molar-refractivity contribution in [2.75, 3.05) is 0 Å². The molecule has 24 heavy (non-hydrogen) atoms. The maximum atomic E-state index is 12.3. The first kappa shape index (κ1) is 17.6. The predicted molar refractivity (Wildman–Crippen MR) is 93.5 cm³/mol. The van der Waals surface area contributed by atoms with Crippen molar-refractivity contribution in [2.45, 2.75) is 33.7 Å². The van der Waals surface area contributed by atoms with Crippen LogP contribution >= 0.6 is 0 Å². The second-order valence-electron chi connectivity index (χ2n) is 6.16. The fraction of sp³-hybridized carbons (Fsp3) is 0.250. The number of phenolic OH excluding ortho intramolecular Hbond substituents is 1. The lowest BCUT2D eigenvalue weighted by molar-refractivity contribution is 0.0950. The van der Waals surface area contributed by atoms with Crippen molar-refractivity contribution < 1.29 is 9.90 Å². The summed E-state index contributed by atoms with van der Waals surface area (Å²) in [6.45, 7) is 6.38. The molecule has 0 fully saturated rings. The van der Waals surface area contributed by atoms with E-state index in [-0.39, 0.29) is 18.2 Å². The molecule has 0 aromatic heterocycles. The van der Waals surface area contributed by atoms with E-state index in [1.54, 1.807) is 12.1 Å². The van der Waals surface area contributed by atoms with Gasteiger partial charge >= 0.3 is 0 Å². The third-order valence-corrected chi connectivity index (χ3v) is 3.80. The number of hydrogen-bond acceptors (Lipinski definition) is 3. The first-order valence-corrected chi connectivity index (χ1v) is 7.79. The molecule has 0 atom stereocenters. The molecule has 2 N–H and O–H groups in total. The third-order valence-electron chi connectivity index (χ3n) is 3.80. The van der Waals surface area contributed by atoms with Crippen LogP contribution in [-0.2, 0) is 13.0 Å². The number of aryl methyl sites for hydroxylation is 1. The van der Waals surface area contributed by atoms with E-state index in [1.807, 2.05) is 31.2 Å². The minimum absolute atomic E-state index is 0.00911. The molecule has 4 nitrogen and oxygen atoms in total. The van der Waals surface area contributed by atoms with Crippen LogP contribution in [0.15, 0.2) is 36.4 Å². The number of rotatable bonds is 5. The molecule has 2 rings (SSSR count). The van der Waals surface area contributed by atoms with Gasteiger partial charge in [-0.2, -0.15) is 5.26 Å². The van der Waals surface area contributed by atoms with Crippen molar-refractivity contribution >= 4 is 5.91 Å². The monoisotopic (exact) mass is 321 g/mol. The van der Waals surface area contributed by atoms with Crippen molar-refractivity contribution in [2.24, 2.45) is 0 Å². The van der Waals surface area contributed by atoms with E-state index in [0.717, 1.165) is 12.0 Å². The Balaban J connectivity index is 2.05. The molecule has 0 aliphatic carbocycles. The summed E-state index contributed by atoms with van der Waals surface area (Å²) in [6, 6.07) is 12.3. The number of hydrogen-bond donors (Lipinski definition) is 2. The van der Waals surface area contributed by atoms with Crippen LogP contribution in [-0.4, -0.2) is 11.0 Å². The van der Waals surface area contributed by atoms with Crippen LogP contribution in [0.4, 0.5) is 0 Å². The van der Waals surface area contributed by atoms with Crippen molar-refractivity contribution in [1.82, 2.24) is 5.32 Å². The maximum absolute atomic E-state index is 12.3. The van der Waals surface area contributed by atoms with Crippen LogP contribution < -0.4 is 5.32 Å². The van der Waals surface area contributed by atoms with Gasteiger partial charge in [-0.15, -0.1) is 0 Å². The van der Waals surface area contributed by atoms with E-state index in [0.29, 0.717) is 16.7 Å². The van der Waals surface area contributed by atoms with E-state index in [4.69, 9.17) is 5.26 Å². The van der Waals surface area contributed by atoms with E-state index in [1.165, 1.54) is 17.5 Å². The SMILES string of the molecule is C[C](C)Cc1ccc(C(=O)NCc2ccc(C#N)cc2O)cc1C. The molecule has 1 amide bonds. The number of nitrogens with one attached hydrogen (secondary N) is 1. The standard InChI is InChI=1S/C20H21N2O2/c1-13(2)8-16-6-7-17(9-14(16)3)20(24)22-12-18-5-4-15(11-21)10-19(18)23/h4-7,9-10,23H,8,12H2,1-3H3,(H,22,24). The molecule has 0 saturated heterocycles. The second kappa shape index (κ2) is 7.65. The van der Waals surface area contributed by atoms with Gasteiger partial charge in [0.15, 0.2) is 0 Å². The lowest BCUT2D eigenvalue weighted by Gasteiger charge is -2.11. The maximum Gasteiger partial charge on any atom is 0.251 e. The Hall–Kier alpha value is -2.80. The lowest BCUT2D eigenvalue weighted by Crippen LogP contribution is -2.23. The predicted octanol–water partition coefficient (Wildman–Crippen LogP) is 3.66. The van der Waals surface area contributed by atoms with Gasteiger partial charge in [-0.25, -0.2) is 0 Å². The van der Waals surface area contributed by atoms with Gasteiger partial charge in [-0.1, -0.05) is 26.0 Å². The minimum Gasteiger partial charge on any atom is -0.508 e. The van der Waals surface area contributed by atoms with E-state index in [2.05, 4.69) is 19.2 Å². The molecule has 0 unspecified atom stereocenters. The molecular weight excluding hydrogens is 300 g/mol. The summed E-state index contributed by atoms with van der Waals surface area (Å²) in [5.74, 6) is 1.15. The summed E-state index contributed by atoms with van der Waals surface area (Å²) in [7, 11) is 0. The quantitative estimate of drug-likeness (QED) is 0.882. The molecule has 2 aromatic rings. The lowest BCUT2D eigenvalue weighted by atomic mass is 9.97. The van der Waals surface area contributed by atoms with Crippen molar-refractivity contribution in [3.8, 4) is 11.8 Å². The number of phenols is 1. The summed E-state index contributed by atoms with van der Waals surface area (Å²) in [6.07, 6.45) is 0.910. The highest BCUT2D eigenvalue weighted by Crippen LogP contribution is 2.19. The van der Waals surface area contributed by atoms with E-state index in [9.17, 15) is 9.90 Å². The summed E-state index contributed by atoms with van der Waals surface area (Å²) >= 11 is 0. The molecule has 0 aliphatic heterocycles. The molecule has 0 saturated carbocycles. The Kier molecular flexibility index (Phi) is 5.59. The van der Waals surface area contributed by atoms with Gasteiger partial charge in [0.1, 0.15) is 5.75 Å². The van der Waals surface area contributed by atoms with Crippen molar-refractivity contribution in [3.63, 3.8) is 0 Å². The van der Waals surface area contributed by atoms with Gasteiger partial charge in [0.2, 0.25) is 0 Å². The number of carbonyl (C=O) groups excluding carboxylic acids is 1. The minimum atomic E-state index is -0.189. The number of benzene rings is 2. The second-order valence-corrected chi connectivity index (χ2v) is 6.16. The fourth-order valence-corrected chi connectivity index (χ4v) is 2.48. The number of carbonyl (C=O) groups is 1. The molecule has 2 aromatic carbocycles. The summed E-state index contributed by atoms with van der Waals surface area (Å²) in [5, 5.41) is 21.4. The van der Waals surface area contributed by atoms with Crippen LogP contribution in [0.2, 0.25) is 0 Å². The average molecular weight is 321 g/mol. The summed E-state index contributed by atoms with van der Waals surface area (Å²) in [4.78, 5) is 12.3. The smallest absolute Gasteiger partial charge is 0.251 e. The zero-order valence-electron chi connectivity index (χ0n) is 14.2. The Morgan fingerprint density at radius 3 is 2.46 bits per heavy atom. The average Bonchev–Trinajstić information content (AvgIpc) is 2.54. The highest BCUT2D eigenvalue weighted by Gasteiger charge is 2.10. The summed E-state index contributed by atoms with van der Waals surface area (Å²) in [5.41, 5.74) is 3.86. The Morgan fingerprint density at radius 1 is 1.17 bits per heavy atom. The molecule has 1 radical (unpaired) electrons. The van der Waals surface area contributed by atoms with Crippen molar-refractivity contribution in [3.05, 3.63) is 70.1 Å². The fourth-order valence-electron chi connectivity index (χ4n) is 2.48. The molecule has 0 heterocycles. The number of nitrogens with zero attached hydrogens (tertiary/aromatic N) is 1. The molecular formula is C20H21N2O2. The Labute approximate surface area is 142 Å². The third kappa shape index (κ3) is 4.36. The topological polar surface area (TPSA) is 73.1 Å². The first-order valence-electron chi connectivity index (χ1n) is 7.79. The van der Waals surface area contributed by atoms with E-state index < -0.39 is 0 Å². The van der Waals surface area contributed by atoms with Crippen LogP contribution in [0.3, 0.4) is 0 Å². The normalized spacial score (nSPS) is 10.5. The molecule has 0 bridgehead atoms. The highest BCUT2D eigenvalue weighted by atomic mass is 16.3. The molecule has 0 spiro atoms. The van der Waals surface area contributed by atoms with Crippen LogP contribution in [0, 0.1) is 24.2 Å². The van der Waals surface area contributed by atoms with Gasteiger partial charge < -0.3 is 10.4 Å². The largest absolute Gasteiger partial charge is 0.508 e. The molecule has 123 valence electrons. The van der Waals surface area contributed by atoms with Crippen LogP contribution in [0.5, 0.6) is 5.75 Å². The van der Waals surface area contributed by atoms with E-state index >= 15 is 0 Å². The molecule has 0 aliphatic rings. The van der Waals surface area contributed by atoms with Gasteiger partial charge in [0.05, 0.1) is 11.6 Å². The Morgan fingerprint density at radius 2 is 1.88 bits per heavy atom. The van der Waals surface area contributed by atoms with Crippen LogP contribution in [0.1, 0.15) is 46.5 Å². The molecule has 4 heteroatoms.